The lowest BCUT2D eigenvalue weighted by Crippen LogP contribution is -2.57. The van der Waals surface area contributed by atoms with E-state index in [1.54, 1.807) is 12.1 Å². The Hall–Kier alpha value is -1.56. The van der Waals surface area contributed by atoms with Crippen LogP contribution in [0, 0.1) is 59.1 Å². The Morgan fingerprint density at radius 1 is 1.04 bits per heavy atom. The highest BCUT2D eigenvalue weighted by Gasteiger charge is 2.93. The zero-order chi connectivity index (χ0) is 18.0. The first-order valence-corrected chi connectivity index (χ1v) is 9.40. The van der Waals surface area contributed by atoms with Gasteiger partial charge in [-0.2, -0.15) is 0 Å². The minimum atomic E-state index is -2.54. The largest absolute Gasteiger partial charge is 0.469 e. The Labute approximate surface area is 149 Å². The van der Waals surface area contributed by atoms with Crippen molar-refractivity contribution in [1.29, 1.82) is 0 Å². The van der Waals surface area contributed by atoms with E-state index in [2.05, 4.69) is 5.32 Å². The number of methoxy groups -OCH3 is 1. The lowest BCUT2D eigenvalue weighted by Gasteiger charge is -2.46. The quantitative estimate of drug-likeness (QED) is 0.836. The third kappa shape index (κ3) is 1.63. The van der Waals surface area contributed by atoms with Crippen molar-refractivity contribution in [3.8, 4) is 0 Å². The van der Waals surface area contributed by atoms with Gasteiger partial charge in [0, 0.05) is 24.4 Å². The number of rotatable bonds is 4. The topological polar surface area (TPSA) is 38.3 Å². The van der Waals surface area contributed by atoms with Crippen molar-refractivity contribution in [2.45, 2.75) is 18.5 Å². The van der Waals surface area contributed by atoms with E-state index >= 15 is 0 Å². The molecule has 7 fully saturated rings. The van der Waals surface area contributed by atoms with E-state index < -0.39 is 17.8 Å². The monoisotopic (exact) mass is 363 g/mol. The average Bonchev–Trinajstić information content (AvgIpc) is 3.51. The molecule has 0 radical (unpaired) electrons. The van der Waals surface area contributed by atoms with Crippen LogP contribution >= 0.6 is 0 Å². The SMILES string of the molecule is COC(=O)[C@H]1C(NCc2ccc(F)cc2)C2C3C4C1C1C2C1C(F)(F)C34. The minimum Gasteiger partial charge on any atom is -0.469 e. The van der Waals surface area contributed by atoms with Crippen LogP contribution < -0.4 is 5.32 Å². The number of halogens is 3. The smallest absolute Gasteiger partial charge is 0.310 e. The number of alkyl halides is 2. The number of hydrogen-bond donors (Lipinski definition) is 1. The third-order valence-corrected chi connectivity index (χ3v) is 8.08. The lowest BCUT2D eigenvalue weighted by atomic mass is 9.61. The standard InChI is InChI=1S/C20H20F3NO2/c1-26-19(25)15-9-10-12-14(13-11(9)17(13)20(22,23)16(10)12)18(15)24-6-7-2-4-8(21)5-3-7/h2-5,9-18,24H,6H2,1H3/t9?,10?,11?,12?,13?,14?,15-,16?,17?,18?/m1/s1. The van der Waals surface area contributed by atoms with E-state index in [0.29, 0.717) is 6.54 Å². The van der Waals surface area contributed by atoms with Crippen LogP contribution in [0.5, 0.6) is 0 Å². The van der Waals surface area contributed by atoms with Gasteiger partial charge in [0.05, 0.1) is 13.0 Å². The molecule has 0 spiro atoms. The van der Waals surface area contributed by atoms with Crippen LogP contribution in [0.15, 0.2) is 24.3 Å². The molecule has 0 saturated heterocycles. The number of carbonyl (C=O) groups excluding carboxylic acids is 1. The average molecular weight is 363 g/mol. The molecule has 7 aliphatic rings. The first-order chi connectivity index (χ1) is 12.5. The molecule has 1 aromatic carbocycles. The van der Waals surface area contributed by atoms with E-state index in [0.717, 1.165) is 5.56 Å². The van der Waals surface area contributed by atoms with E-state index in [9.17, 15) is 18.0 Å². The summed E-state index contributed by atoms with van der Waals surface area (Å²) in [6.45, 7) is 0.502. The molecule has 7 unspecified atom stereocenters. The van der Waals surface area contributed by atoms with Crippen molar-refractivity contribution in [2.75, 3.05) is 7.11 Å². The van der Waals surface area contributed by atoms with Gasteiger partial charge < -0.3 is 10.1 Å². The molecule has 8 bridgehead atoms. The van der Waals surface area contributed by atoms with E-state index in [-0.39, 0.29) is 59.3 Å². The Morgan fingerprint density at radius 3 is 2.19 bits per heavy atom. The van der Waals surface area contributed by atoms with E-state index in [4.69, 9.17) is 4.74 Å². The Morgan fingerprint density at radius 2 is 1.62 bits per heavy atom. The molecule has 138 valence electrons. The fourth-order valence-electron chi connectivity index (χ4n) is 7.44. The molecular weight excluding hydrogens is 343 g/mol. The number of benzene rings is 1. The van der Waals surface area contributed by atoms with Gasteiger partial charge in [0.2, 0.25) is 0 Å². The molecule has 7 saturated carbocycles. The summed E-state index contributed by atoms with van der Waals surface area (Å²) in [4.78, 5) is 12.5. The third-order valence-electron chi connectivity index (χ3n) is 8.08. The first kappa shape index (κ1) is 15.5. The zero-order valence-electron chi connectivity index (χ0n) is 14.2. The maximum atomic E-state index is 14.6. The van der Waals surface area contributed by atoms with Crippen molar-refractivity contribution in [3.63, 3.8) is 0 Å². The van der Waals surface area contributed by atoms with Gasteiger partial charge in [0.25, 0.3) is 5.92 Å². The molecular formula is C20H20F3NO2. The number of ether oxygens (including phenoxy) is 1. The van der Waals surface area contributed by atoms with Crippen molar-refractivity contribution >= 4 is 5.97 Å². The Bertz CT molecular complexity index is 771. The van der Waals surface area contributed by atoms with Crippen LogP contribution in [-0.2, 0) is 16.1 Å². The van der Waals surface area contributed by atoms with Gasteiger partial charge in [-0.15, -0.1) is 0 Å². The van der Waals surface area contributed by atoms with Crippen LogP contribution in [0.3, 0.4) is 0 Å². The maximum Gasteiger partial charge on any atom is 0.310 e. The molecule has 0 aromatic heterocycles. The van der Waals surface area contributed by atoms with Gasteiger partial charge in [-0.1, -0.05) is 12.1 Å². The number of carbonyl (C=O) groups is 1. The Balaban J connectivity index is 1.31. The number of nitrogens with one attached hydrogen (secondary N) is 1. The Kier molecular flexibility index (Phi) is 2.76. The van der Waals surface area contributed by atoms with Crippen LogP contribution in [0.4, 0.5) is 13.2 Å². The fraction of sp³-hybridized carbons (Fsp3) is 0.650. The number of hydrogen-bond acceptors (Lipinski definition) is 3. The summed E-state index contributed by atoms with van der Waals surface area (Å²) in [6.07, 6.45) is 0. The zero-order valence-corrected chi connectivity index (χ0v) is 14.2. The highest BCUT2D eigenvalue weighted by molar-refractivity contribution is 5.75. The van der Waals surface area contributed by atoms with Crippen LogP contribution in [0.1, 0.15) is 5.56 Å². The minimum absolute atomic E-state index is 0.00275. The molecule has 0 aliphatic heterocycles. The summed E-state index contributed by atoms with van der Waals surface area (Å²) in [5.41, 5.74) is 0.923. The van der Waals surface area contributed by atoms with Crippen molar-refractivity contribution in [2.24, 2.45) is 53.3 Å². The molecule has 26 heavy (non-hydrogen) atoms. The summed E-state index contributed by atoms with van der Waals surface area (Å²) < 4.78 is 47.3. The van der Waals surface area contributed by atoms with Crippen LogP contribution in [0.2, 0.25) is 0 Å². The molecule has 7 aliphatic carbocycles. The fourth-order valence-corrected chi connectivity index (χ4v) is 7.44. The maximum absolute atomic E-state index is 14.6. The van der Waals surface area contributed by atoms with Crippen molar-refractivity contribution in [3.05, 3.63) is 35.6 Å². The van der Waals surface area contributed by atoms with Crippen LogP contribution in [-0.4, -0.2) is 25.0 Å². The molecule has 3 nitrogen and oxygen atoms in total. The molecule has 0 amide bonds. The highest BCUT2D eigenvalue weighted by atomic mass is 19.3. The molecule has 6 heteroatoms. The molecule has 0 heterocycles. The van der Waals surface area contributed by atoms with Gasteiger partial charge in [0.15, 0.2) is 0 Å². The predicted octanol–water partition coefficient (Wildman–Crippen LogP) is 2.71. The van der Waals surface area contributed by atoms with Crippen molar-refractivity contribution in [1.82, 2.24) is 5.32 Å². The highest BCUT2D eigenvalue weighted by Crippen LogP contribution is 2.89. The summed E-state index contributed by atoms with van der Waals surface area (Å²) in [5, 5.41) is 3.47. The van der Waals surface area contributed by atoms with Crippen LogP contribution in [0.25, 0.3) is 0 Å². The molecule has 1 N–H and O–H groups in total. The molecule has 8 atom stereocenters. The van der Waals surface area contributed by atoms with Crippen molar-refractivity contribution < 1.29 is 22.7 Å². The van der Waals surface area contributed by atoms with Gasteiger partial charge in [0.1, 0.15) is 5.82 Å². The summed E-state index contributed by atoms with van der Waals surface area (Å²) in [6, 6.07) is 6.12. The number of esters is 1. The van der Waals surface area contributed by atoms with Gasteiger partial charge in [-0.25, -0.2) is 13.2 Å². The second-order valence-electron chi connectivity index (χ2n) is 8.77. The first-order valence-electron chi connectivity index (χ1n) is 9.40. The van der Waals surface area contributed by atoms with E-state index in [1.165, 1.54) is 19.2 Å². The second-order valence-corrected chi connectivity index (χ2v) is 8.77. The second kappa shape index (κ2) is 4.64. The number of fused-ring (bicyclic) bond motifs is 1. The van der Waals surface area contributed by atoms with E-state index in [1.807, 2.05) is 0 Å². The predicted molar refractivity (Wildman–Crippen MR) is 85.4 cm³/mol. The summed E-state index contributed by atoms with van der Waals surface area (Å²) in [7, 11) is 1.38. The van der Waals surface area contributed by atoms with Gasteiger partial charge in [-0.3, -0.25) is 4.79 Å². The summed E-state index contributed by atoms with van der Waals surface area (Å²) in [5.74, 6) is -4.17. The van der Waals surface area contributed by atoms with Gasteiger partial charge >= 0.3 is 5.97 Å². The lowest BCUT2D eigenvalue weighted by molar-refractivity contribution is -0.155. The molecule has 1 aromatic rings. The van der Waals surface area contributed by atoms with Gasteiger partial charge in [-0.05, 0) is 53.2 Å². The molecule has 8 rings (SSSR count). The summed E-state index contributed by atoms with van der Waals surface area (Å²) >= 11 is 0. The normalized spacial score (nSPS) is 50.3.